The van der Waals surface area contributed by atoms with Crippen molar-refractivity contribution >= 4 is 41.1 Å². The first kappa shape index (κ1) is 20.4. The van der Waals surface area contributed by atoms with Gasteiger partial charge in [-0.15, -0.1) is 10.2 Å². The maximum atomic E-state index is 12.1. The highest BCUT2D eigenvalue weighted by Gasteiger charge is 2.20. The van der Waals surface area contributed by atoms with Gasteiger partial charge in [-0.3, -0.25) is 25.0 Å². The Labute approximate surface area is 171 Å². The molecule has 1 aliphatic rings. The molecule has 0 bridgehead atoms. The molecule has 1 aromatic carbocycles. The first-order chi connectivity index (χ1) is 13.6. The molecule has 1 fully saturated rings. The molecule has 2 amide bonds. The van der Waals surface area contributed by atoms with E-state index in [9.17, 15) is 9.59 Å². The minimum atomic E-state index is -0.415. The van der Waals surface area contributed by atoms with E-state index in [1.807, 2.05) is 11.5 Å². The maximum absolute atomic E-state index is 12.1. The molecule has 9 nitrogen and oxygen atoms in total. The van der Waals surface area contributed by atoms with Gasteiger partial charge in [-0.05, 0) is 31.2 Å². The van der Waals surface area contributed by atoms with Gasteiger partial charge >= 0.3 is 0 Å². The number of rotatable bonds is 6. The van der Waals surface area contributed by atoms with Gasteiger partial charge in [0, 0.05) is 30.2 Å². The van der Waals surface area contributed by atoms with Crippen LogP contribution in [-0.2, 0) is 16.1 Å². The van der Waals surface area contributed by atoms with Crippen LogP contribution in [-0.4, -0.2) is 58.6 Å². The molecule has 0 atom stereocenters. The number of nitrogens with one attached hydrogen (secondary N) is 2. The summed E-state index contributed by atoms with van der Waals surface area (Å²) in [6.07, 6.45) is 0. The van der Waals surface area contributed by atoms with Crippen LogP contribution < -0.4 is 15.8 Å². The number of nitrogens with zero attached hydrogens (tertiary/aromatic N) is 4. The average Bonchev–Trinajstić information content (AvgIpc) is 3.14. The average molecular weight is 425 g/mol. The number of aromatic nitrogens is 3. The summed E-state index contributed by atoms with van der Waals surface area (Å²) in [4.78, 5) is 26.2. The van der Waals surface area contributed by atoms with Crippen LogP contribution in [0, 0.1) is 0 Å². The van der Waals surface area contributed by atoms with Gasteiger partial charge < -0.3 is 9.64 Å². The summed E-state index contributed by atoms with van der Waals surface area (Å²) < 4.78 is 7.33. The number of hydrazine groups is 1. The number of ether oxygens (including phenoxy) is 1. The predicted octanol–water partition coefficient (Wildman–Crippen LogP) is 1.34. The van der Waals surface area contributed by atoms with Crippen molar-refractivity contribution in [3.63, 3.8) is 0 Å². The molecule has 0 spiro atoms. The third-order valence-electron chi connectivity index (χ3n) is 4.06. The Morgan fingerprint density at radius 1 is 1.18 bits per heavy atom. The van der Waals surface area contributed by atoms with Gasteiger partial charge in [0.15, 0.2) is 5.16 Å². The quantitative estimate of drug-likeness (QED) is 0.533. The second kappa shape index (κ2) is 9.76. The number of benzene rings is 1. The van der Waals surface area contributed by atoms with Crippen LogP contribution in [0.15, 0.2) is 29.4 Å². The summed E-state index contributed by atoms with van der Waals surface area (Å²) in [6.45, 7) is 5.55. The molecule has 0 aliphatic carbocycles. The number of thioether (sulfide) groups is 1. The number of carbonyl (C=O) groups excluding carboxylic acids is 2. The van der Waals surface area contributed by atoms with Crippen molar-refractivity contribution in [3.8, 4) is 0 Å². The number of halogens is 1. The molecule has 11 heteroatoms. The molecule has 150 valence electrons. The Bertz CT molecular complexity index is 823. The Kier molecular flexibility index (Phi) is 7.12. The highest BCUT2D eigenvalue weighted by Crippen LogP contribution is 2.22. The number of carbonyl (C=O) groups is 2. The zero-order chi connectivity index (χ0) is 19.9. The van der Waals surface area contributed by atoms with E-state index in [-0.39, 0.29) is 11.7 Å². The van der Waals surface area contributed by atoms with Crippen molar-refractivity contribution < 1.29 is 14.3 Å². The third-order valence-corrected chi connectivity index (χ3v) is 5.28. The molecule has 2 aromatic rings. The number of amides is 2. The molecule has 1 aliphatic heterocycles. The monoisotopic (exact) mass is 424 g/mol. The fraction of sp³-hybridized carbons (Fsp3) is 0.412. The molecule has 1 aromatic heterocycles. The van der Waals surface area contributed by atoms with Crippen LogP contribution in [0.5, 0.6) is 0 Å². The lowest BCUT2D eigenvalue weighted by atomic mass is 10.2. The summed E-state index contributed by atoms with van der Waals surface area (Å²) in [5.74, 6) is 0.124. The normalized spacial score (nSPS) is 14.0. The lowest BCUT2D eigenvalue weighted by Gasteiger charge is -2.27. The molecule has 28 heavy (non-hydrogen) atoms. The van der Waals surface area contributed by atoms with E-state index in [0.29, 0.717) is 35.5 Å². The van der Waals surface area contributed by atoms with Crippen LogP contribution in [0.2, 0.25) is 5.02 Å². The van der Waals surface area contributed by atoms with Crippen LogP contribution in [0.3, 0.4) is 0 Å². The van der Waals surface area contributed by atoms with Gasteiger partial charge in [-0.1, -0.05) is 23.4 Å². The third kappa shape index (κ3) is 5.15. The highest BCUT2D eigenvalue weighted by molar-refractivity contribution is 7.99. The second-order valence-electron chi connectivity index (χ2n) is 5.92. The lowest BCUT2D eigenvalue weighted by Crippen LogP contribution is -2.42. The van der Waals surface area contributed by atoms with E-state index in [4.69, 9.17) is 16.3 Å². The van der Waals surface area contributed by atoms with Gasteiger partial charge in [-0.25, -0.2) is 0 Å². The van der Waals surface area contributed by atoms with E-state index < -0.39 is 5.91 Å². The predicted molar refractivity (Wildman–Crippen MR) is 107 cm³/mol. The first-order valence-corrected chi connectivity index (χ1v) is 10.2. The maximum Gasteiger partial charge on any atom is 0.269 e. The summed E-state index contributed by atoms with van der Waals surface area (Å²) in [7, 11) is 0. The van der Waals surface area contributed by atoms with E-state index in [1.165, 1.54) is 11.8 Å². The molecule has 0 radical (unpaired) electrons. The van der Waals surface area contributed by atoms with Gasteiger partial charge in [0.25, 0.3) is 5.91 Å². The van der Waals surface area contributed by atoms with Crippen molar-refractivity contribution in [2.75, 3.05) is 37.0 Å². The highest BCUT2D eigenvalue weighted by atomic mass is 35.5. The number of anilines is 1. The first-order valence-electron chi connectivity index (χ1n) is 8.82. The Morgan fingerprint density at radius 2 is 1.89 bits per heavy atom. The zero-order valence-corrected chi connectivity index (χ0v) is 16.9. The standard InChI is InChI=1S/C17H21ClN6O3S/c1-2-24-16(23-7-9-27-10-8-23)21-22-17(24)28-11-14(25)19-20-15(26)12-3-5-13(18)6-4-12/h3-6H,2,7-11H2,1H3,(H,19,25)(H,20,26). The summed E-state index contributed by atoms with van der Waals surface area (Å²) in [6, 6.07) is 6.38. The fourth-order valence-electron chi connectivity index (χ4n) is 2.63. The summed E-state index contributed by atoms with van der Waals surface area (Å²) in [5, 5.41) is 9.65. The molecule has 0 unspecified atom stereocenters. The Morgan fingerprint density at radius 3 is 2.57 bits per heavy atom. The number of hydrogen-bond donors (Lipinski definition) is 2. The van der Waals surface area contributed by atoms with Crippen molar-refractivity contribution in [3.05, 3.63) is 34.9 Å². The fourth-order valence-corrected chi connectivity index (χ4v) is 3.55. The van der Waals surface area contributed by atoms with Gasteiger partial charge in [-0.2, -0.15) is 0 Å². The molecule has 0 saturated carbocycles. The molecular formula is C17H21ClN6O3S. The summed E-state index contributed by atoms with van der Waals surface area (Å²) in [5.41, 5.74) is 5.18. The minimum Gasteiger partial charge on any atom is -0.378 e. The Balaban J connectivity index is 1.51. The second-order valence-corrected chi connectivity index (χ2v) is 7.30. The van der Waals surface area contributed by atoms with Crippen molar-refractivity contribution in [2.45, 2.75) is 18.6 Å². The zero-order valence-electron chi connectivity index (χ0n) is 15.4. The van der Waals surface area contributed by atoms with Crippen LogP contribution in [0.1, 0.15) is 17.3 Å². The van der Waals surface area contributed by atoms with E-state index in [0.717, 1.165) is 19.0 Å². The van der Waals surface area contributed by atoms with E-state index in [1.54, 1.807) is 24.3 Å². The number of hydrogen-bond acceptors (Lipinski definition) is 7. The number of morpholine rings is 1. The SMILES string of the molecule is CCn1c(SCC(=O)NNC(=O)c2ccc(Cl)cc2)nnc1N1CCOCC1. The molecule has 2 N–H and O–H groups in total. The molecule has 1 saturated heterocycles. The molecule has 2 heterocycles. The summed E-state index contributed by atoms with van der Waals surface area (Å²) >= 11 is 7.06. The topological polar surface area (TPSA) is 101 Å². The van der Waals surface area contributed by atoms with Crippen molar-refractivity contribution in [1.82, 2.24) is 25.6 Å². The largest absolute Gasteiger partial charge is 0.378 e. The van der Waals surface area contributed by atoms with Gasteiger partial charge in [0.05, 0.1) is 19.0 Å². The van der Waals surface area contributed by atoms with Crippen LogP contribution in [0.4, 0.5) is 5.95 Å². The van der Waals surface area contributed by atoms with Gasteiger partial charge in [0.2, 0.25) is 11.9 Å². The van der Waals surface area contributed by atoms with Crippen molar-refractivity contribution in [2.24, 2.45) is 0 Å². The van der Waals surface area contributed by atoms with Crippen LogP contribution in [0.25, 0.3) is 0 Å². The minimum absolute atomic E-state index is 0.0993. The van der Waals surface area contributed by atoms with E-state index in [2.05, 4.69) is 25.9 Å². The Hall–Kier alpha value is -2.30. The van der Waals surface area contributed by atoms with Crippen LogP contribution >= 0.6 is 23.4 Å². The molecule has 3 rings (SSSR count). The van der Waals surface area contributed by atoms with Crippen molar-refractivity contribution in [1.29, 1.82) is 0 Å². The smallest absolute Gasteiger partial charge is 0.269 e. The van der Waals surface area contributed by atoms with Gasteiger partial charge in [0.1, 0.15) is 0 Å². The lowest BCUT2D eigenvalue weighted by molar-refractivity contribution is -0.119. The molecular weight excluding hydrogens is 404 g/mol. The van der Waals surface area contributed by atoms with E-state index >= 15 is 0 Å².